The summed E-state index contributed by atoms with van der Waals surface area (Å²) in [5.74, 6) is 1.06. The van der Waals surface area contributed by atoms with E-state index >= 15 is 0 Å². The molecule has 0 aliphatic carbocycles. The van der Waals surface area contributed by atoms with Gasteiger partial charge >= 0.3 is 0 Å². The Bertz CT molecular complexity index is 878. The van der Waals surface area contributed by atoms with Gasteiger partial charge in [-0.3, -0.25) is 9.78 Å². The molecule has 0 spiro atoms. The van der Waals surface area contributed by atoms with Gasteiger partial charge < -0.3 is 10.1 Å². The molecule has 0 saturated heterocycles. The molecule has 0 radical (unpaired) electrons. The zero-order chi connectivity index (χ0) is 19.1. The number of pyridine rings is 1. The summed E-state index contributed by atoms with van der Waals surface area (Å²) < 4.78 is 5.90. The molecule has 0 bridgehead atoms. The molecule has 27 heavy (non-hydrogen) atoms. The number of carbonyl (C=O) groups excluding carboxylic acids is 1. The Hall–Kier alpha value is -2.73. The summed E-state index contributed by atoms with van der Waals surface area (Å²) in [7, 11) is 0. The van der Waals surface area contributed by atoms with Crippen LogP contribution in [-0.4, -0.2) is 29.0 Å². The predicted octanol–water partition coefficient (Wildman–Crippen LogP) is 4.21. The van der Waals surface area contributed by atoms with E-state index in [4.69, 9.17) is 4.74 Å². The van der Waals surface area contributed by atoms with E-state index in [1.165, 1.54) is 11.3 Å². The maximum Gasteiger partial charge on any atom is 0.270 e. The molecule has 140 valence electrons. The smallest absolute Gasteiger partial charge is 0.270 e. The minimum absolute atomic E-state index is 0.172. The highest BCUT2D eigenvalue weighted by atomic mass is 32.1. The van der Waals surface area contributed by atoms with Crippen LogP contribution in [0.15, 0.2) is 54.0 Å². The van der Waals surface area contributed by atoms with Crippen molar-refractivity contribution in [3.05, 3.63) is 65.4 Å². The number of nitrogens with one attached hydrogen (secondary N) is 1. The van der Waals surface area contributed by atoms with Crippen molar-refractivity contribution in [2.24, 2.45) is 5.92 Å². The van der Waals surface area contributed by atoms with Crippen LogP contribution in [0.25, 0.3) is 10.6 Å². The van der Waals surface area contributed by atoms with Gasteiger partial charge in [0.2, 0.25) is 0 Å². The number of hydrogen-bond donors (Lipinski definition) is 1. The SMILES string of the molecule is CC(C)COc1ccccc1-c1nc(C(=O)NCCc2ccccn2)cs1. The molecule has 1 N–H and O–H groups in total. The fourth-order valence-electron chi connectivity index (χ4n) is 2.47. The van der Waals surface area contributed by atoms with Crippen LogP contribution in [0.5, 0.6) is 5.75 Å². The first-order valence-corrected chi connectivity index (χ1v) is 9.87. The van der Waals surface area contributed by atoms with Crippen LogP contribution in [0.3, 0.4) is 0 Å². The van der Waals surface area contributed by atoms with Crippen molar-refractivity contribution in [2.45, 2.75) is 20.3 Å². The van der Waals surface area contributed by atoms with Gasteiger partial charge in [0.05, 0.1) is 12.2 Å². The van der Waals surface area contributed by atoms with E-state index in [-0.39, 0.29) is 5.91 Å². The van der Waals surface area contributed by atoms with Crippen LogP contribution < -0.4 is 10.1 Å². The predicted molar refractivity (Wildman–Crippen MR) is 108 cm³/mol. The van der Waals surface area contributed by atoms with Gasteiger partial charge in [0.15, 0.2) is 0 Å². The average Bonchev–Trinajstić information content (AvgIpc) is 3.17. The topological polar surface area (TPSA) is 64.1 Å². The van der Waals surface area contributed by atoms with Crippen LogP contribution in [0, 0.1) is 5.92 Å². The Kier molecular flexibility index (Phi) is 6.54. The lowest BCUT2D eigenvalue weighted by molar-refractivity contribution is 0.0950. The lowest BCUT2D eigenvalue weighted by Gasteiger charge is -2.11. The van der Waals surface area contributed by atoms with Gasteiger partial charge in [-0.25, -0.2) is 4.98 Å². The van der Waals surface area contributed by atoms with Crippen molar-refractivity contribution in [1.29, 1.82) is 0 Å². The second-order valence-electron chi connectivity index (χ2n) is 6.57. The minimum atomic E-state index is -0.172. The highest BCUT2D eigenvalue weighted by molar-refractivity contribution is 7.13. The zero-order valence-electron chi connectivity index (χ0n) is 15.5. The quantitative estimate of drug-likeness (QED) is 0.635. The van der Waals surface area contributed by atoms with Gasteiger partial charge in [0.1, 0.15) is 16.5 Å². The molecule has 0 aliphatic heterocycles. The zero-order valence-corrected chi connectivity index (χ0v) is 16.3. The number of ether oxygens (including phenoxy) is 1. The molecule has 3 aromatic rings. The maximum atomic E-state index is 12.4. The van der Waals surface area contributed by atoms with E-state index in [2.05, 4.69) is 29.1 Å². The van der Waals surface area contributed by atoms with Crippen molar-refractivity contribution in [2.75, 3.05) is 13.2 Å². The van der Waals surface area contributed by atoms with Gasteiger partial charge in [-0.1, -0.05) is 32.0 Å². The monoisotopic (exact) mass is 381 g/mol. The molecule has 5 nitrogen and oxygen atoms in total. The number of thiazole rings is 1. The fraction of sp³-hybridized carbons (Fsp3) is 0.286. The second kappa shape index (κ2) is 9.28. The molecule has 0 unspecified atom stereocenters. The molecular formula is C21H23N3O2S. The fourth-order valence-corrected chi connectivity index (χ4v) is 3.30. The number of aromatic nitrogens is 2. The largest absolute Gasteiger partial charge is 0.493 e. The Balaban J connectivity index is 1.63. The minimum Gasteiger partial charge on any atom is -0.493 e. The summed E-state index contributed by atoms with van der Waals surface area (Å²) >= 11 is 1.44. The van der Waals surface area contributed by atoms with E-state index < -0.39 is 0 Å². The lowest BCUT2D eigenvalue weighted by Crippen LogP contribution is -2.26. The third-order valence-electron chi connectivity index (χ3n) is 3.82. The summed E-state index contributed by atoms with van der Waals surface area (Å²) in [5.41, 5.74) is 2.29. The molecule has 2 aromatic heterocycles. The standard InChI is InChI=1S/C21H23N3O2S/c1-15(2)13-26-19-9-4-3-8-17(19)21-24-18(14-27-21)20(25)23-12-10-16-7-5-6-11-22-16/h3-9,11,14-15H,10,12-13H2,1-2H3,(H,23,25). The molecule has 1 amide bonds. The van der Waals surface area contributed by atoms with Crippen LogP contribution in [0.4, 0.5) is 0 Å². The average molecular weight is 382 g/mol. The Morgan fingerprint density at radius 1 is 1.19 bits per heavy atom. The molecule has 0 fully saturated rings. The van der Waals surface area contributed by atoms with E-state index in [1.807, 2.05) is 42.5 Å². The molecule has 0 atom stereocenters. The first-order valence-electron chi connectivity index (χ1n) is 8.99. The molecule has 2 heterocycles. The molecular weight excluding hydrogens is 358 g/mol. The number of benzene rings is 1. The van der Waals surface area contributed by atoms with Gasteiger partial charge in [0, 0.05) is 30.2 Å². The Morgan fingerprint density at radius 3 is 2.78 bits per heavy atom. The van der Waals surface area contributed by atoms with Crippen LogP contribution in [-0.2, 0) is 6.42 Å². The molecule has 3 rings (SSSR count). The van der Waals surface area contributed by atoms with Crippen LogP contribution in [0.1, 0.15) is 30.0 Å². The van der Waals surface area contributed by atoms with E-state index in [0.29, 0.717) is 31.2 Å². The summed E-state index contributed by atoms with van der Waals surface area (Å²) in [5, 5.41) is 5.47. The van der Waals surface area contributed by atoms with Gasteiger partial charge in [-0.15, -0.1) is 11.3 Å². The van der Waals surface area contributed by atoms with Gasteiger partial charge in [-0.05, 0) is 30.2 Å². The number of nitrogens with zero attached hydrogens (tertiary/aromatic N) is 2. The highest BCUT2D eigenvalue weighted by Gasteiger charge is 2.14. The van der Waals surface area contributed by atoms with E-state index in [0.717, 1.165) is 22.0 Å². The van der Waals surface area contributed by atoms with E-state index in [1.54, 1.807) is 11.6 Å². The normalized spacial score (nSPS) is 10.8. The highest BCUT2D eigenvalue weighted by Crippen LogP contribution is 2.32. The molecule has 6 heteroatoms. The Morgan fingerprint density at radius 2 is 2.00 bits per heavy atom. The van der Waals surface area contributed by atoms with Crippen molar-refractivity contribution in [1.82, 2.24) is 15.3 Å². The third kappa shape index (κ3) is 5.37. The Labute approximate surface area is 163 Å². The molecule has 0 aliphatic rings. The van der Waals surface area contributed by atoms with Crippen LogP contribution in [0.2, 0.25) is 0 Å². The first-order chi connectivity index (χ1) is 13.1. The van der Waals surface area contributed by atoms with Crippen molar-refractivity contribution in [3.63, 3.8) is 0 Å². The third-order valence-corrected chi connectivity index (χ3v) is 4.69. The van der Waals surface area contributed by atoms with Gasteiger partial charge in [0.25, 0.3) is 5.91 Å². The second-order valence-corrected chi connectivity index (χ2v) is 7.42. The summed E-state index contributed by atoms with van der Waals surface area (Å²) in [6, 6.07) is 13.6. The number of rotatable bonds is 8. The summed E-state index contributed by atoms with van der Waals surface area (Å²) in [6.07, 6.45) is 2.44. The number of carbonyl (C=O) groups is 1. The van der Waals surface area contributed by atoms with Crippen molar-refractivity contribution < 1.29 is 9.53 Å². The van der Waals surface area contributed by atoms with Crippen molar-refractivity contribution >= 4 is 17.2 Å². The molecule has 0 saturated carbocycles. The molecule has 1 aromatic carbocycles. The van der Waals surface area contributed by atoms with E-state index in [9.17, 15) is 4.79 Å². The maximum absolute atomic E-state index is 12.4. The number of hydrogen-bond acceptors (Lipinski definition) is 5. The first kappa shape index (κ1) is 19.0. The summed E-state index contributed by atoms with van der Waals surface area (Å²) in [6.45, 7) is 5.39. The van der Waals surface area contributed by atoms with Gasteiger partial charge in [-0.2, -0.15) is 0 Å². The number of amides is 1. The number of para-hydroxylation sites is 1. The van der Waals surface area contributed by atoms with Crippen molar-refractivity contribution in [3.8, 4) is 16.3 Å². The lowest BCUT2D eigenvalue weighted by atomic mass is 10.2. The van der Waals surface area contributed by atoms with Crippen LogP contribution >= 0.6 is 11.3 Å². The summed E-state index contributed by atoms with van der Waals surface area (Å²) in [4.78, 5) is 21.1.